The zero-order valence-electron chi connectivity index (χ0n) is 36.2. The summed E-state index contributed by atoms with van der Waals surface area (Å²) in [6, 6.07) is 8.69. The van der Waals surface area contributed by atoms with E-state index in [-0.39, 0.29) is 48.3 Å². The summed E-state index contributed by atoms with van der Waals surface area (Å²) in [6.45, 7) is 16.1. The monoisotopic (exact) mass is 827 g/mol. The van der Waals surface area contributed by atoms with Gasteiger partial charge in [0.1, 0.15) is 23.2 Å². The number of hydrazine groups is 1. The molecule has 3 aliphatic rings. The highest BCUT2D eigenvalue weighted by molar-refractivity contribution is 7.10. The van der Waals surface area contributed by atoms with Gasteiger partial charge in [-0.3, -0.25) is 24.4 Å². The van der Waals surface area contributed by atoms with E-state index < -0.39 is 29.6 Å². The van der Waals surface area contributed by atoms with Crippen LogP contribution >= 0.6 is 11.3 Å². The third kappa shape index (κ3) is 8.70. The molecular formula is C45H61N7O6S. The second-order valence-corrected chi connectivity index (χ2v) is 18.6. The molecule has 2 fully saturated rings. The summed E-state index contributed by atoms with van der Waals surface area (Å²) in [7, 11) is 5.66. The number of aromatic nitrogens is 3. The van der Waals surface area contributed by atoms with Crippen molar-refractivity contribution in [1.82, 2.24) is 35.2 Å². The lowest BCUT2D eigenvalue weighted by Gasteiger charge is -2.37. The SMILES string of the molecule is CCn1c(-c2cccnc2[C@H](C)OC)c2c3cc(ccc31)-c1csc(n1)[C@@H](OCC(C)N(C)C)[C@H](NC(=O)C1[C@@H](C)[C@H]1C)C(=O)N1CCC[C@H](N1)C(=O)OCC(C)(C)C2. The van der Waals surface area contributed by atoms with Crippen LogP contribution in [0, 0.1) is 23.2 Å². The highest BCUT2D eigenvalue weighted by Gasteiger charge is 2.50. The summed E-state index contributed by atoms with van der Waals surface area (Å²) in [5.74, 6) is -0.775. The number of nitrogens with zero attached hydrogens (tertiary/aromatic N) is 5. The number of hydrogen-bond donors (Lipinski definition) is 2. The number of methoxy groups -OCH3 is 1. The number of carbonyl (C=O) groups is 3. The maximum atomic E-state index is 14.8. The van der Waals surface area contributed by atoms with Gasteiger partial charge in [0, 0.05) is 71.2 Å². The van der Waals surface area contributed by atoms with Gasteiger partial charge in [-0.2, -0.15) is 0 Å². The molecule has 2 unspecified atom stereocenters. The van der Waals surface area contributed by atoms with E-state index in [1.807, 2.05) is 32.5 Å². The van der Waals surface area contributed by atoms with Crippen LogP contribution in [-0.2, 0) is 41.6 Å². The number of rotatable bonds is 10. The van der Waals surface area contributed by atoms with E-state index in [0.717, 1.165) is 44.7 Å². The highest BCUT2D eigenvalue weighted by Crippen LogP contribution is 2.46. The summed E-state index contributed by atoms with van der Waals surface area (Å²) in [5, 5.41) is 8.26. The molecular weight excluding hydrogens is 767 g/mol. The van der Waals surface area contributed by atoms with Crippen molar-refractivity contribution in [1.29, 1.82) is 0 Å². The van der Waals surface area contributed by atoms with Crippen LogP contribution in [0.15, 0.2) is 41.9 Å². The second kappa shape index (κ2) is 17.4. The lowest BCUT2D eigenvalue weighted by atomic mass is 9.84. The minimum atomic E-state index is -1.10. The zero-order valence-corrected chi connectivity index (χ0v) is 37.0. The number of amides is 2. The van der Waals surface area contributed by atoms with Crippen LogP contribution in [0.2, 0.25) is 0 Å². The number of aryl methyl sites for hydroxylation is 1. The molecule has 1 saturated heterocycles. The molecule has 8 atom stereocenters. The fraction of sp³-hybridized carbons (Fsp3) is 0.578. The number of cyclic esters (lactones) is 1. The van der Waals surface area contributed by atoms with Crippen LogP contribution in [0.25, 0.3) is 33.4 Å². The zero-order chi connectivity index (χ0) is 42.3. The van der Waals surface area contributed by atoms with Gasteiger partial charge in [-0.25, -0.2) is 10.4 Å². The minimum Gasteiger partial charge on any atom is -0.464 e. The lowest BCUT2D eigenvalue weighted by Crippen LogP contribution is -2.61. The van der Waals surface area contributed by atoms with Crippen LogP contribution < -0.4 is 10.7 Å². The van der Waals surface area contributed by atoms with Gasteiger partial charge in [-0.1, -0.05) is 33.8 Å². The molecule has 4 aromatic rings. The molecule has 2 aliphatic heterocycles. The third-order valence-electron chi connectivity index (χ3n) is 12.8. The van der Waals surface area contributed by atoms with E-state index in [9.17, 15) is 14.4 Å². The Kier molecular flexibility index (Phi) is 12.7. The first-order valence-corrected chi connectivity index (χ1v) is 21.9. The van der Waals surface area contributed by atoms with Gasteiger partial charge in [0.15, 0.2) is 0 Å². The molecule has 13 nitrogen and oxygen atoms in total. The average Bonchev–Trinajstić information content (AvgIpc) is 3.50. The number of nitrogens with one attached hydrogen (secondary N) is 2. The molecule has 1 aliphatic carbocycles. The maximum absolute atomic E-state index is 14.8. The van der Waals surface area contributed by atoms with Crippen LogP contribution in [0.5, 0.6) is 0 Å². The summed E-state index contributed by atoms with van der Waals surface area (Å²) in [4.78, 5) is 54.6. The van der Waals surface area contributed by atoms with E-state index in [2.05, 4.69) is 86.0 Å². The summed E-state index contributed by atoms with van der Waals surface area (Å²) < 4.78 is 21.0. The largest absolute Gasteiger partial charge is 0.464 e. The molecule has 0 spiro atoms. The van der Waals surface area contributed by atoms with Crippen molar-refractivity contribution < 1.29 is 28.6 Å². The first-order valence-electron chi connectivity index (χ1n) is 21.1. The van der Waals surface area contributed by atoms with Crippen molar-refractivity contribution in [3.63, 3.8) is 0 Å². The molecule has 5 heterocycles. The van der Waals surface area contributed by atoms with Crippen molar-refractivity contribution in [2.45, 2.75) is 105 Å². The van der Waals surface area contributed by atoms with Crippen molar-refractivity contribution >= 4 is 40.0 Å². The number of likely N-dealkylation sites (N-methyl/N-ethyl adjacent to an activating group) is 1. The Morgan fingerprint density at radius 1 is 1.17 bits per heavy atom. The molecule has 2 amide bonds. The Labute approximate surface area is 352 Å². The Balaban J connectivity index is 1.40. The maximum Gasteiger partial charge on any atom is 0.324 e. The van der Waals surface area contributed by atoms with Crippen molar-refractivity contribution in [3.05, 3.63) is 58.2 Å². The molecule has 318 valence electrons. The number of benzene rings is 1. The number of carbonyl (C=O) groups excluding carboxylic acids is 3. The van der Waals surface area contributed by atoms with Crippen LogP contribution in [0.4, 0.5) is 0 Å². The number of pyridine rings is 1. The number of fused-ring (bicyclic) bond motifs is 6. The molecule has 3 aromatic heterocycles. The Morgan fingerprint density at radius 2 is 1.93 bits per heavy atom. The van der Waals surface area contributed by atoms with E-state index >= 15 is 0 Å². The van der Waals surface area contributed by atoms with Gasteiger partial charge in [0.25, 0.3) is 5.91 Å². The average molecular weight is 828 g/mol. The molecule has 0 radical (unpaired) electrons. The lowest BCUT2D eigenvalue weighted by molar-refractivity contribution is -0.157. The molecule has 7 rings (SSSR count). The van der Waals surface area contributed by atoms with E-state index in [1.165, 1.54) is 16.3 Å². The molecule has 14 heteroatoms. The summed E-state index contributed by atoms with van der Waals surface area (Å²) in [5.41, 5.74) is 9.47. The van der Waals surface area contributed by atoms with E-state index in [4.69, 9.17) is 24.2 Å². The fourth-order valence-electron chi connectivity index (χ4n) is 8.54. The van der Waals surface area contributed by atoms with Crippen molar-refractivity contribution in [2.75, 3.05) is 41.0 Å². The highest BCUT2D eigenvalue weighted by atomic mass is 32.1. The molecule has 59 heavy (non-hydrogen) atoms. The summed E-state index contributed by atoms with van der Waals surface area (Å²) >= 11 is 1.42. The topological polar surface area (TPSA) is 140 Å². The van der Waals surface area contributed by atoms with Crippen LogP contribution in [0.3, 0.4) is 0 Å². The minimum absolute atomic E-state index is 0.0127. The van der Waals surface area contributed by atoms with Crippen LogP contribution in [-0.4, -0.2) is 101 Å². The standard InChI is InChI=1S/C45H61N7O6S/c1-11-51-35-17-16-29-20-31(35)32(39(51)30-14-12-18-46-37(30)28(5)56-10)21-45(6,7)24-58-44(55)33-15-13-19-52(49-33)43(54)38(48-41(53)36-26(3)27(36)4)40(42-47-34(29)23-59-42)57-22-25(2)50(8)9/h12,14,16-18,20,23,25-28,33,36,38,40,49H,11,13,15,19,21-22,24H2,1-10H3,(H,48,53)/t25?,26-,27+,28-,33-,36?,38-,40-/m0/s1. The number of esters is 1. The number of thiazole rings is 1. The normalized spacial score (nSPS) is 25.7. The van der Waals surface area contributed by atoms with Gasteiger partial charge in [0.05, 0.1) is 36.4 Å². The number of ether oxygens (including phenoxy) is 3. The van der Waals surface area contributed by atoms with Gasteiger partial charge in [0.2, 0.25) is 5.91 Å². The quantitative estimate of drug-likeness (QED) is 0.169. The smallest absolute Gasteiger partial charge is 0.324 e. The first kappa shape index (κ1) is 42.9. The Bertz CT molecular complexity index is 2170. The van der Waals surface area contributed by atoms with Gasteiger partial charge in [-0.15, -0.1) is 11.3 Å². The molecule has 1 aromatic carbocycles. The first-order chi connectivity index (χ1) is 28.1. The second-order valence-electron chi connectivity index (χ2n) is 17.7. The van der Waals surface area contributed by atoms with Gasteiger partial charge in [-0.05, 0) is 95.8 Å². The Hall–Kier alpha value is -4.21. The molecule has 2 N–H and O–H groups in total. The Morgan fingerprint density at radius 3 is 2.63 bits per heavy atom. The molecule has 6 bridgehead atoms. The van der Waals surface area contributed by atoms with Gasteiger partial charge < -0.3 is 29.0 Å². The van der Waals surface area contributed by atoms with Crippen LogP contribution in [0.1, 0.15) is 89.8 Å². The predicted octanol–water partition coefficient (Wildman–Crippen LogP) is 6.57. The van der Waals surface area contributed by atoms with Gasteiger partial charge >= 0.3 is 5.97 Å². The van der Waals surface area contributed by atoms with Crippen molar-refractivity contribution in [2.24, 2.45) is 23.2 Å². The van der Waals surface area contributed by atoms with E-state index in [0.29, 0.717) is 44.0 Å². The van der Waals surface area contributed by atoms with E-state index in [1.54, 1.807) is 13.3 Å². The third-order valence-corrected chi connectivity index (χ3v) is 13.7. The molecule has 1 saturated carbocycles. The predicted molar refractivity (Wildman–Crippen MR) is 229 cm³/mol. The fourth-order valence-corrected chi connectivity index (χ4v) is 9.45. The van der Waals surface area contributed by atoms with Crippen molar-refractivity contribution in [3.8, 4) is 22.5 Å². The summed E-state index contributed by atoms with van der Waals surface area (Å²) in [6.07, 6.45) is 2.35. The number of hydrogen-bond acceptors (Lipinski definition) is 11.